The first-order valence-electron chi connectivity index (χ1n) is 6.95. The van der Waals surface area contributed by atoms with Crippen molar-refractivity contribution in [2.75, 3.05) is 0 Å². The lowest BCUT2D eigenvalue weighted by Gasteiger charge is -2.01. The first kappa shape index (κ1) is 13.2. The lowest BCUT2D eigenvalue weighted by atomic mass is 10.0. The second kappa shape index (κ2) is 5.30. The number of aromatic nitrogens is 1. The van der Waals surface area contributed by atoms with Gasteiger partial charge in [0.15, 0.2) is 0 Å². The molecule has 0 saturated carbocycles. The largest absolute Gasteiger partial charge is 0.358 e. The smallest absolute Gasteiger partial charge is 0.0998 e. The van der Waals surface area contributed by atoms with Gasteiger partial charge in [-0.15, -0.1) is 0 Å². The Balaban J connectivity index is 2.15. The highest BCUT2D eigenvalue weighted by Crippen LogP contribution is 2.26. The van der Waals surface area contributed by atoms with Gasteiger partial charge in [-0.2, -0.15) is 5.26 Å². The zero-order chi connectivity index (χ0) is 14.8. The van der Waals surface area contributed by atoms with Crippen molar-refractivity contribution in [3.63, 3.8) is 0 Å². The Bertz CT molecular complexity index is 859. The predicted molar refractivity (Wildman–Crippen MR) is 87.7 cm³/mol. The van der Waals surface area contributed by atoms with Crippen molar-refractivity contribution >= 4 is 22.6 Å². The van der Waals surface area contributed by atoms with Crippen molar-refractivity contribution in [3.05, 3.63) is 70.9 Å². The number of aryl methyl sites for hydroxylation is 2. The highest BCUT2D eigenvalue weighted by molar-refractivity contribution is 5.98. The van der Waals surface area contributed by atoms with Gasteiger partial charge in [0, 0.05) is 22.2 Å². The van der Waals surface area contributed by atoms with Crippen molar-refractivity contribution in [2.45, 2.75) is 13.8 Å². The van der Waals surface area contributed by atoms with Crippen LogP contribution in [0, 0.1) is 25.2 Å². The van der Waals surface area contributed by atoms with Crippen molar-refractivity contribution < 1.29 is 0 Å². The third-order valence-corrected chi connectivity index (χ3v) is 3.72. The second-order valence-corrected chi connectivity index (χ2v) is 5.25. The van der Waals surface area contributed by atoms with Gasteiger partial charge >= 0.3 is 0 Å². The molecule has 2 nitrogen and oxygen atoms in total. The van der Waals surface area contributed by atoms with E-state index in [1.807, 2.05) is 56.3 Å². The van der Waals surface area contributed by atoms with Crippen LogP contribution in [0.25, 0.3) is 22.6 Å². The normalized spacial score (nSPS) is 11.6. The summed E-state index contributed by atoms with van der Waals surface area (Å²) in [4.78, 5) is 3.36. The van der Waals surface area contributed by atoms with Gasteiger partial charge in [-0.3, -0.25) is 0 Å². The molecule has 0 amide bonds. The molecule has 21 heavy (non-hydrogen) atoms. The van der Waals surface area contributed by atoms with E-state index in [0.29, 0.717) is 5.57 Å². The summed E-state index contributed by atoms with van der Waals surface area (Å²) in [6.45, 7) is 4.08. The summed E-state index contributed by atoms with van der Waals surface area (Å²) >= 11 is 0. The summed E-state index contributed by atoms with van der Waals surface area (Å²) < 4.78 is 0. The quantitative estimate of drug-likeness (QED) is 0.665. The fraction of sp³-hybridized carbons (Fsp3) is 0.105. The van der Waals surface area contributed by atoms with Crippen LogP contribution in [0.4, 0.5) is 0 Å². The molecule has 3 aromatic rings. The molecule has 0 radical (unpaired) electrons. The van der Waals surface area contributed by atoms with Gasteiger partial charge in [0.05, 0.1) is 11.6 Å². The SMILES string of the molecule is Cc1ccc(/C(C#N)=C\c2c(C)[nH]c3ccccc23)cc1. The number of rotatable bonds is 2. The van der Waals surface area contributed by atoms with E-state index in [1.54, 1.807) is 0 Å². The van der Waals surface area contributed by atoms with Crippen LogP contribution in [0.2, 0.25) is 0 Å². The first-order chi connectivity index (χ1) is 10.2. The third kappa shape index (κ3) is 2.46. The Morgan fingerprint density at radius 2 is 1.76 bits per heavy atom. The van der Waals surface area contributed by atoms with Crippen LogP contribution in [-0.4, -0.2) is 4.98 Å². The van der Waals surface area contributed by atoms with E-state index in [4.69, 9.17) is 0 Å². The topological polar surface area (TPSA) is 39.6 Å². The molecule has 1 heterocycles. The Morgan fingerprint density at radius 3 is 2.48 bits per heavy atom. The summed E-state index contributed by atoms with van der Waals surface area (Å²) in [5, 5.41) is 10.6. The van der Waals surface area contributed by atoms with Crippen LogP contribution in [0.5, 0.6) is 0 Å². The number of para-hydroxylation sites is 1. The lowest BCUT2D eigenvalue weighted by molar-refractivity contribution is 1.29. The van der Waals surface area contributed by atoms with Crippen LogP contribution in [0.3, 0.4) is 0 Å². The molecule has 2 aromatic carbocycles. The molecule has 1 aromatic heterocycles. The first-order valence-corrected chi connectivity index (χ1v) is 6.95. The molecule has 0 bridgehead atoms. The Morgan fingerprint density at radius 1 is 1.05 bits per heavy atom. The number of nitrogens with one attached hydrogen (secondary N) is 1. The minimum Gasteiger partial charge on any atom is -0.358 e. The second-order valence-electron chi connectivity index (χ2n) is 5.25. The molecule has 3 rings (SSSR count). The molecule has 0 aliphatic heterocycles. The maximum atomic E-state index is 9.48. The maximum Gasteiger partial charge on any atom is 0.0998 e. The molecule has 0 fully saturated rings. The Kier molecular flexibility index (Phi) is 3.33. The van der Waals surface area contributed by atoms with Gasteiger partial charge < -0.3 is 4.98 Å². The third-order valence-electron chi connectivity index (χ3n) is 3.72. The number of aromatic amines is 1. The van der Waals surface area contributed by atoms with E-state index in [1.165, 1.54) is 5.56 Å². The van der Waals surface area contributed by atoms with E-state index in [0.717, 1.165) is 27.7 Å². The highest BCUT2D eigenvalue weighted by Gasteiger charge is 2.08. The Labute approximate surface area is 124 Å². The van der Waals surface area contributed by atoms with Crippen molar-refractivity contribution in [3.8, 4) is 6.07 Å². The molecule has 2 heteroatoms. The molecule has 0 spiro atoms. The number of hydrogen-bond donors (Lipinski definition) is 1. The number of allylic oxidation sites excluding steroid dienone is 1. The number of nitrogens with zero attached hydrogens (tertiary/aromatic N) is 1. The minimum absolute atomic E-state index is 0.683. The molecule has 0 atom stereocenters. The van der Waals surface area contributed by atoms with E-state index in [-0.39, 0.29) is 0 Å². The summed E-state index contributed by atoms with van der Waals surface area (Å²) in [7, 11) is 0. The van der Waals surface area contributed by atoms with Gasteiger partial charge in [0.25, 0.3) is 0 Å². The van der Waals surface area contributed by atoms with E-state index in [9.17, 15) is 5.26 Å². The average molecular weight is 272 g/mol. The summed E-state index contributed by atoms with van der Waals surface area (Å²) in [5.41, 5.74) is 6.09. The highest BCUT2D eigenvalue weighted by atomic mass is 14.7. The summed E-state index contributed by atoms with van der Waals surface area (Å²) in [5.74, 6) is 0. The van der Waals surface area contributed by atoms with Gasteiger partial charge in [0.2, 0.25) is 0 Å². The van der Waals surface area contributed by atoms with Crippen LogP contribution in [-0.2, 0) is 0 Å². The fourth-order valence-electron chi connectivity index (χ4n) is 2.54. The molecule has 102 valence electrons. The molecule has 0 saturated heterocycles. The van der Waals surface area contributed by atoms with Crippen LogP contribution >= 0.6 is 0 Å². The number of fused-ring (bicyclic) bond motifs is 1. The standard InChI is InChI=1S/C19H16N2/c1-13-7-9-15(10-8-13)16(12-20)11-18-14(2)21-19-6-4-3-5-17(18)19/h3-11,21H,1-2H3/b16-11-. The van der Waals surface area contributed by atoms with E-state index in [2.05, 4.69) is 23.2 Å². The Hall–Kier alpha value is -2.79. The van der Waals surface area contributed by atoms with Gasteiger partial charge in [-0.05, 0) is 31.6 Å². The monoisotopic (exact) mass is 272 g/mol. The molecular formula is C19H16N2. The molecular weight excluding hydrogens is 256 g/mol. The van der Waals surface area contributed by atoms with E-state index < -0.39 is 0 Å². The zero-order valence-corrected chi connectivity index (χ0v) is 12.1. The lowest BCUT2D eigenvalue weighted by Crippen LogP contribution is -1.83. The average Bonchev–Trinajstić information content (AvgIpc) is 2.81. The minimum atomic E-state index is 0.683. The van der Waals surface area contributed by atoms with Gasteiger partial charge in [-0.25, -0.2) is 0 Å². The molecule has 0 unspecified atom stereocenters. The maximum absolute atomic E-state index is 9.48. The van der Waals surface area contributed by atoms with Crippen molar-refractivity contribution in [1.29, 1.82) is 5.26 Å². The number of H-pyrrole nitrogens is 1. The van der Waals surface area contributed by atoms with Gasteiger partial charge in [-0.1, -0.05) is 48.0 Å². The number of benzene rings is 2. The van der Waals surface area contributed by atoms with Crippen LogP contribution in [0.15, 0.2) is 48.5 Å². The van der Waals surface area contributed by atoms with Crippen molar-refractivity contribution in [1.82, 2.24) is 4.98 Å². The molecule has 1 N–H and O–H groups in total. The number of nitriles is 1. The summed E-state index contributed by atoms with van der Waals surface area (Å²) in [6, 6.07) is 18.5. The summed E-state index contributed by atoms with van der Waals surface area (Å²) in [6.07, 6.45) is 1.97. The predicted octanol–water partition coefficient (Wildman–Crippen LogP) is 4.85. The number of hydrogen-bond acceptors (Lipinski definition) is 1. The van der Waals surface area contributed by atoms with Crippen LogP contribution in [0.1, 0.15) is 22.4 Å². The van der Waals surface area contributed by atoms with Gasteiger partial charge in [0.1, 0.15) is 0 Å². The van der Waals surface area contributed by atoms with E-state index >= 15 is 0 Å². The van der Waals surface area contributed by atoms with Crippen molar-refractivity contribution in [2.24, 2.45) is 0 Å². The molecule has 0 aliphatic carbocycles. The zero-order valence-electron chi connectivity index (χ0n) is 12.1. The fourth-order valence-corrected chi connectivity index (χ4v) is 2.54. The van der Waals surface area contributed by atoms with Crippen LogP contribution < -0.4 is 0 Å². The molecule has 0 aliphatic rings.